The normalized spacial score (nSPS) is 17.2. The van der Waals surface area contributed by atoms with E-state index in [9.17, 15) is 19.2 Å². The molecule has 0 spiro atoms. The van der Waals surface area contributed by atoms with Crippen molar-refractivity contribution in [2.75, 3.05) is 12.3 Å². The Kier molecular flexibility index (Phi) is 12.8. The molecule has 3 atom stereocenters. The summed E-state index contributed by atoms with van der Waals surface area (Å²) in [5.41, 5.74) is 0.598. The highest BCUT2D eigenvalue weighted by Crippen LogP contribution is 2.39. The molecule has 3 amide bonds. The number of amides is 3. The molecule has 9 heteroatoms. The molecule has 36 heavy (non-hydrogen) atoms. The topological polar surface area (TPSA) is 104 Å². The van der Waals surface area contributed by atoms with Crippen LogP contribution in [-0.4, -0.2) is 53.1 Å². The van der Waals surface area contributed by atoms with Crippen LogP contribution in [0.1, 0.15) is 71.8 Å². The molecule has 3 N–H and O–H groups in total. The van der Waals surface area contributed by atoms with E-state index in [0.717, 1.165) is 24.8 Å². The number of nitrogens with one attached hydrogen (secondary N) is 3. The lowest BCUT2D eigenvalue weighted by atomic mass is 9.87. The number of rotatable bonds is 14. The minimum atomic E-state index is -1.02. The maximum absolute atomic E-state index is 13.3. The molecule has 1 aliphatic rings. The van der Waals surface area contributed by atoms with Crippen LogP contribution in [0.3, 0.4) is 0 Å². The zero-order valence-electron chi connectivity index (χ0n) is 21.9. The van der Waals surface area contributed by atoms with Gasteiger partial charge in [0.15, 0.2) is 0 Å². The van der Waals surface area contributed by atoms with Gasteiger partial charge in [-0.3, -0.25) is 19.2 Å². The van der Waals surface area contributed by atoms with E-state index in [-0.39, 0.29) is 17.7 Å². The zero-order chi connectivity index (χ0) is 26.6. The molecular weight excluding hydrogens is 494 g/mol. The summed E-state index contributed by atoms with van der Waals surface area (Å²) in [5.74, 6) is -0.835. The second-order valence-electron chi connectivity index (χ2n) is 10.4. The summed E-state index contributed by atoms with van der Waals surface area (Å²) in [7, 11) is 3.86. The molecule has 1 fully saturated rings. The van der Waals surface area contributed by atoms with Gasteiger partial charge in [0.05, 0.1) is 0 Å². The van der Waals surface area contributed by atoms with E-state index >= 15 is 0 Å². The Balaban J connectivity index is 2.03. The van der Waals surface area contributed by atoms with E-state index in [2.05, 4.69) is 16.0 Å². The number of hydrogen-bond donors (Lipinski definition) is 3. The molecule has 200 valence electrons. The smallest absolute Gasteiger partial charge is 0.289 e. The van der Waals surface area contributed by atoms with Crippen LogP contribution in [0.2, 0.25) is 0 Å². The van der Waals surface area contributed by atoms with Crippen LogP contribution >= 0.6 is 21.6 Å². The van der Waals surface area contributed by atoms with Crippen LogP contribution in [0.4, 0.5) is 0 Å². The number of unbranched alkanes of at least 4 members (excludes halogenated alkanes) is 1. The fourth-order valence-electron chi connectivity index (χ4n) is 4.05. The SMILES string of the molecule is CCNC(=O)C(=O)[C@H](Cc1ccccc1)NC(=O)[C@H](CC(C)(C)C)NC(=O)CCCCC1CCSS1. The standard InChI is InChI=1S/C27H41N3O4S2/c1-5-28-26(34)24(32)21(17-19-11-7-6-8-12-19)30-25(33)22(18-27(2,3)4)29-23(31)14-10-9-13-20-15-16-35-36-20/h6-8,11-12,20-22H,5,9-10,13-18H2,1-4H3,(H,28,34)(H,29,31)(H,30,33)/t20?,21-,22-/m0/s1. The summed E-state index contributed by atoms with van der Waals surface area (Å²) < 4.78 is 0. The monoisotopic (exact) mass is 535 g/mol. The van der Waals surface area contributed by atoms with Gasteiger partial charge in [0, 0.05) is 30.4 Å². The first-order valence-electron chi connectivity index (χ1n) is 12.8. The molecule has 1 aromatic rings. The van der Waals surface area contributed by atoms with Crippen molar-refractivity contribution in [1.29, 1.82) is 0 Å². The molecule has 0 aliphatic carbocycles. The molecule has 1 unspecified atom stereocenters. The van der Waals surface area contributed by atoms with Crippen molar-refractivity contribution in [3.05, 3.63) is 35.9 Å². The summed E-state index contributed by atoms with van der Waals surface area (Å²) in [6, 6.07) is 7.44. The van der Waals surface area contributed by atoms with Crippen molar-refractivity contribution in [3.63, 3.8) is 0 Å². The lowest BCUT2D eigenvalue weighted by Gasteiger charge is -2.28. The van der Waals surface area contributed by atoms with Crippen LogP contribution in [0, 0.1) is 5.41 Å². The van der Waals surface area contributed by atoms with Gasteiger partial charge >= 0.3 is 0 Å². The Morgan fingerprint density at radius 1 is 1.03 bits per heavy atom. The van der Waals surface area contributed by atoms with Crippen LogP contribution in [-0.2, 0) is 25.6 Å². The molecule has 0 aromatic heterocycles. The number of ketones is 1. The van der Waals surface area contributed by atoms with Crippen molar-refractivity contribution >= 4 is 45.1 Å². The number of carbonyl (C=O) groups excluding carboxylic acids is 4. The Morgan fingerprint density at radius 3 is 2.36 bits per heavy atom. The van der Waals surface area contributed by atoms with Gasteiger partial charge in [-0.1, -0.05) is 79.1 Å². The van der Waals surface area contributed by atoms with Crippen LogP contribution in [0.5, 0.6) is 0 Å². The molecule has 7 nitrogen and oxygen atoms in total. The van der Waals surface area contributed by atoms with Gasteiger partial charge in [0.25, 0.3) is 5.91 Å². The van der Waals surface area contributed by atoms with Crippen molar-refractivity contribution < 1.29 is 19.2 Å². The molecular formula is C27H41N3O4S2. The van der Waals surface area contributed by atoms with Crippen molar-refractivity contribution in [2.45, 2.75) is 90.0 Å². The van der Waals surface area contributed by atoms with E-state index in [1.807, 2.05) is 72.7 Å². The highest BCUT2D eigenvalue weighted by Gasteiger charge is 2.32. The highest BCUT2D eigenvalue weighted by molar-refractivity contribution is 8.77. The fourth-order valence-corrected chi connectivity index (χ4v) is 7.08. The van der Waals surface area contributed by atoms with Crippen molar-refractivity contribution in [1.82, 2.24) is 16.0 Å². The van der Waals surface area contributed by atoms with Crippen molar-refractivity contribution in [2.24, 2.45) is 5.41 Å². The number of benzene rings is 1. The second-order valence-corrected chi connectivity index (χ2v) is 13.2. The molecule has 0 saturated carbocycles. The van der Waals surface area contributed by atoms with E-state index in [0.29, 0.717) is 24.6 Å². The number of carbonyl (C=O) groups is 4. The molecule has 2 rings (SSSR count). The summed E-state index contributed by atoms with van der Waals surface area (Å²) in [6.07, 6.45) is 5.08. The lowest BCUT2D eigenvalue weighted by Crippen LogP contribution is -2.55. The second kappa shape index (κ2) is 15.3. The summed E-state index contributed by atoms with van der Waals surface area (Å²) in [6.45, 7) is 8.04. The minimum absolute atomic E-state index is 0.164. The number of hydrogen-bond acceptors (Lipinski definition) is 6. The molecule has 0 bridgehead atoms. The Hall–Kier alpha value is -2.00. The number of Topliss-reactive ketones (excluding diaryl/α,β-unsaturated/α-hetero) is 1. The third-order valence-corrected chi connectivity index (χ3v) is 8.86. The van der Waals surface area contributed by atoms with Gasteiger partial charge in [-0.2, -0.15) is 0 Å². The third-order valence-electron chi connectivity index (χ3n) is 5.85. The molecule has 1 heterocycles. The largest absolute Gasteiger partial charge is 0.350 e. The van der Waals surface area contributed by atoms with E-state index in [4.69, 9.17) is 0 Å². The molecule has 1 aliphatic heterocycles. The highest BCUT2D eigenvalue weighted by atomic mass is 33.1. The van der Waals surface area contributed by atoms with Gasteiger partial charge in [0.2, 0.25) is 17.6 Å². The van der Waals surface area contributed by atoms with Crippen LogP contribution in [0.25, 0.3) is 0 Å². The fraction of sp³-hybridized carbons (Fsp3) is 0.630. The molecule has 0 radical (unpaired) electrons. The zero-order valence-corrected chi connectivity index (χ0v) is 23.6. The quantitative estimate of drug-likeness (QED) is 0.189. The van der Waals surface area contributed by atoms with Gasteiger partial charge < -0.3 is 16.0 Å². The first-order chi connectivity index (χ1) is 17.1. The van der Waals surface area contributed by atoms with Crippen LogP contribution in [0.15, 0.2) is 30.3 Å². The predicted octanol–water partition coefficient (Wildman–Crippen LogP) is 4.05. The predicted molar refractivity (Wildman–Crippen MR) is 149 cm³/mol. The lowest BCUT2D eigenvalue weighted by molar-refractivity contribution is -0.140. The maximum atomic E-state index is 13.3. The molecule has 1 aromatic carbocycles. The summed E-state index contributed by atoms with van der Waals surface area (Å²) in [5, 5.41) is 8.86. The average Bonchev–Trinajstić information content (AvgIpc) is 3.34. The van der Waals surface area contributed by atoms with E-state index < -0.39 is 29.7 Å². The first kappa shape index (κ1) is 30.2. The van der Waals surface area contributed by atoms with Gasteiger partial charge in [-0.15, -0.1) is 0 Å². The molecule has 1 saturated heterocycles. The van der Waals surface area contributed by atoms with Gasteiger partial charge in [0.1, 0.15) is 12.1 Å². The summed E-state index contributed by atoms with van der Waals surface area (Å²) in [4.78, 5) is 51.2. The van der Waals surface area contributed by atoms with E-state index in [1.54, 1.807) is 6.92 Å². The van der Waals surface area contributed by atoms with Gasteiger partial charge in [-0.25, -0.2) is 0 Å². The number of likely N-dealkylation sites (N-methyl/N-ethyl adjacent to an activating group) is 1. The van der Waals surface area contributed by atoms with Crippen LogP contribution < -0.4 is 16.0 Å². The summed E-state index contributed by atoms with van der Waals surface area (Å²) >= 11 is 0. The van der Waals surface area contributed by atoms with Crippen molar-refractivity contribution in [3.8, 4) is 0 Å². The minimum Gasteiger partial charge on any atom is -0.350 e. The Bertz CT molecular complexity index is 868. The maximum Gasteiger partial charge on any atom is 0.289 e. The average molecular weight is 536 g/mol. The van der Waals surface area contributed by atoms with Gasteiger partial charge in [-0.05, 0) is 43.6 Å². The Labute approximate surface area is 223 Å². The Morgan fingerprint density at radius 2 is 1.75 bits per heavy atom. The first-order valence-corrected chi connectivity index (χ1v) is 15.2. The third kappa shape index (κ3) is 11.4. The van der Waals surface area contributed by atoms with E-state index in [1.165, 1.54) is 12.2 Å².